The van der Waals surface area contributed by atoms with Gasteiger partial charge in [0, 0.05) is 20.3 Å². The Bertz CT molecular complexity index is 214. The second kappa shape index (κ2) is 11.4. The molecule has 0 spiro atoms. The highest BCUT2D eigenvalue weighted by Gasteiger charge is 1.95. The van der Waals surface area contributed by atoms with Gasteiger partial charge in [-0.15, -0.1) is 0 Å². The van der Waals surface area contributed by atoms with Crippen molar-refractivity contribution in [1.29, 1.82) is 0 Å². The minimum atomic E-state index is -0.639. The molecule has 0 saturated carbocycles. The molecule has 0 aliphatic heterocycles. The van der Waals surface area contributed by atoms with Crippen LogP contribution in [0.5, 0.6) is 0 Å². The highest BCUT2D eigenvalue weighted by molar-refractivity contribution is 5.69. The highest BCUT2D eigenvalue weighted by Crippen LogP contribution is 1.86. The fourth-order valence-corrected chi connectivity index (χ4v) is 0.466. The fourth-order valence-electron chi connectivity index (χ4n) is 0.466. The molecule has 94 valence electrons. The van der Waals surface area contributed by atoms with Crippen molar-refractivity contribution in [2.45, 2.75) is 26.7 Å². The fraction of sp³-hybridized carbons (Fsp3) is 0.667. The molecule has 0 rings (SSSR count). The van der Waals surface area contributed by atoms with Crippen LogP contribution in [0.15, 0.2) is 0 Å². The minimum absolute atomic E-state index is 0.185. The molecule has 0 saturated heterocycles. The highest BCUT2D eigenvalue weighted by atomic mass is 17.2. The van der Waals surface area contributed by atoms with Gasteiger partial charge in [-0.2, -0.15) is 0 Å². The summed E-state index contributed by atoms with van der Waals surface area (Å²) in [6.45, 7) is 2.83. The van der Waals surface area contributed by atoms with E-state index in [1.54, 1.807) is 0 Å². The summed E-state index contributed by atoms with van der Waals surface area (Å²) in [7, 11) is 1.37. The molecule has 0 amide bonds. The Morgan fingerprint density at radius 2 is 1.50 bits per heavy atom. The third kappa shape index (κ3) is 18.2. The summed E-state index contributed by atoms with van der Waals surface area (Å²) in [4.78, 5) is 37.6. The largest absolute Gasteiger partial charge is 0.469 e. The summed E-state index contributed by atoms with van der Waals surface area (Å²) in [5.74, 6) is -1.46. The molecule has 0 aromatic heterocycles. The van der Waals surface area contributed by atoms with Crippen LogP contribution in [0.3, 0.4) is 0 Å². The normalized spacial score (nSPS) is 8.25. The van der Waals surface area contributed by atoms with Crippen LogP contribution in [0.2, 0.25) is 0 Å². The maximum Gasteiger partial charge on any atom is 0.352 e. The van der Waals surface area contributed by atoms with Crippen molar-refractivity contribution < 1.29 is 28.9 Å². The quantitative estimate of drug-likeness (QED) is 0.414. The maximum absolute atomic E-state index is 10.3. The van der Waals surface area contributed by atoms with E-state index in [-0.39, 0.29) is 5.97 Å². The van der Waals surface area contributed by atoms with E-state index in [4.69, 9.17) is 5.73 Å². The molecule has 0 radical (unpaired) electrons. The smallest absolute Gasteiger partial charge is 0.352 e. The van der Waals surface area contributed by atoms with Crippen LogP contribution in [-0.4, -0.2) is 31.6 Å². The molecular weight excluding hydrogens is 218 g/mol. The molecule has 0 aromatic carbocycles. The van der Waals surface area contributed by atoms with Gasteiger partial charge in [-0.1, -0.05) is 0 Å². The Hall–Kier alpha value is -1.63. The number of carbonyl (C=O) groups is 3. The van der Waals surface area contributed by atoms with Gasteiger partial charge in [0.15, 0.2) is 0 Å². The number of esters is 1. The number of methoxy groups -OCH3 is 1. The van der Waals surface area contributed by atoms with E-state index in [0.717, 1.165) is 13.8 Å². The molecule has 0 bridgehead atoms. The number of nitrogens with two attached hydrogens (primary N) is 1. The lowest BCUT2D eigenvalue weighted by atomic mass is 10.3. The van der Waals surface area contributed by atoms with Crippen LogP contribution in [0.4, 0.5) is 0 Å². The van der Waals surface area contributed by atoms with Crippen molar-refractivity contribution in [3.8, 4) is 0 Å². The molecule has 0 fully saturated rings. The molecule has 0 aliphatic carbocycles. The van der Waals surface area contributed by atoms with Crippen LogP contribution < -0.4 is 5.73 Å². The molecule has 0 aromatic rings. The van der Waals surface area contributed by atoms with Crippen LogP contribution in [0, 0.1) is 0 Å². The first-order valence-electron chi connectivity index (χ1n) is 4.56. The first-order valence-corrected chi connectivity index (χ1v) is 4.56. The van der Waals surface area contributed by atoms with E-state index in [1.165, 1.54) is 7.11 Å². The monoisotopic (exact) mass is 235 g/mol. The van der Waals surface area contributed by atoms with Gasteiger partial charge in [0.05, 0.1) is 7.11 Å². The summed E-state index contributed by atoms with van der Waals surface area (Å²) >= 11 is 0. The first kappa shape index (κ1) is 16.8. The zero-order valence-corrected chi connectivity index (χ0v) is 9.65. The zero-order valence-electron chi connectivity index (χ0n) is 9.65. The Labute approximate surface area is 93.8 Å². The Balaban J connectivity index is 0. The molecule has 7 nitrogen and oxygen atoms in total. The second-order valence-corrected chi connectivity index (χ2v) is 2.62. The molecule has 0 aliphatic rings. The van der Waals surface area contributed by atoms with Crippen LogP contribution in [-0.2, 0) is 28.9 Å². The van der Waals surface area contributed by atoms with Crippen molar-refractivity contribution in [3.05, 3.63) is 0 Å². The van der Waals surface area contributed by atoms with Gasteiger partial charge in [-0.3, -0.25) is 4.79 Å². The lowest BCUT2D eigenvalue weighted by Crippen LogP contribution is -2.05. The van der Waals surface area contributed by atoms with Crippen molar-refractivity contribution in [2.75, 3.05) is 13.7 Å². The average Bonchev–Trinajstić information content (AvgIpc) is 2.23. The van der Waals surface area contributed by atoms with Gasteiger partial charge in [-0.05, 0) is 13.0 Å². The van der Waals surface area contributed by atoms with Gasteiger partial charge >= 0.3 is 17.9 Å². The lowest BCUT2D eigenvalue weighted by molar-refractivity contribution is -0.255. The van der Waals surface area contributed by atoms with Crippen molar-refractivity contribution in [2.24, 2.45) is 5.73 Å². The summed E-state index contributed by atoms with van der Waals surface area (Å²) in [5.41, 5.74) is 5.12. The van der Waals surface area contributed by atoms with E-state index >= 15 is 0 Å². The molecule has 16 heavy (non-hydrogen) atoms. The summed E-state index contributed by atoms with van der Waals surface area (Å²) in [6.07, 6.45) is 1.15. The van der Waals surface area contributed by atoms with Gasteiger partial charge in [-0.25, -0.2) is 19.4 Å². The molecular formula is C9H17NO6. The zero-order chi connectivity index (χ0) is 13.0. The number of hydrogen-bond acceptors (Lipinski definition) is 7. The van der Waals surface area contributed by atoms with E-state index < -0.39 is 11.9 Å². The average molecular weight is 235 g/mol. The van der Waals surface area contributed by atoms with Gasteiger partial charge in [0.1, 0.15) is 0 Å². The Morgan fingerprint density at radius 1 is 1.06 bits per heavy atom. The molecule has 2 N–H and O–H groups in total. The Morgan fingerprint density at radius 3 is 1.75 bits per heavy atom. The number of ether oxygens (including phenoxy) is 1. The third-order valence-electron chi connectivity index (χ3n) is 1.09. The molecule has 0 atom stereocenters. The van der Waals surface area contributed by atoms with Crippen molar-refractivity contribution >= 4 is 17.9 Å². The third-order valence-corrected chi connectivity index (χ3v) is 1.09. The molecule has 0 unspecified atom stereocenters. The summed E-state index contributed by atoms with van der Waals surface area (Å²) in [5, 5.41) is 0. The second-order valence-electron chi connectivity index (χ2n) is 2.62. The van der Waals surface area contributed by atoms with Gasteiger partial charge < -0.3 is 10.5 Å². The van der Waals surface area contributed by atoms with Crippen LogP contribution >= 0.6 is 0 Å². The van der Waals surface area contributed by atoms with Gasteiger partial charge in [0.25, 0.3) is 0 Å². The number of rotatable bonds is 3. The maximum atomic E-state index is 10.3. The minimum Gasteiger partial charge on any atom is -0.469 e. The number of hydrogen-bond donors (Lipinski definition) is 1. The predicted molar refractivity (Wildman–Crippen MR) is 53.8 cm³/mol. The van der Waals surface area contributed by atoms with E-state index in [0.29, 0.717) is 19.4 Å². The van der Waals surface area contributed by atoms with Crippen LogP contribution in [0.25, 0.3) is 0 Å². The van der Waals surface area contributed by atoms with Crippen molar-refractivity contribution in [1.82, 2.24) is 0 Å². The predicted octanol–water partition coefficient (Wildman–Crippen LogP) is -0.0741. The SMILES string of the molecule is CC(=O)OOC(C)=O.COC(=O)CCCN. The van der Waals surface area contributed by atoms with E-state index in [9.17, 15) is 14.4 Å². The summed E-state index contributed by atoms with van der Waals surface area (Å²) < 4.78 is 4.36. The molecule has 0 heterocycles. The lowest BCUT2D eigenvalue weighted by Gasteiger charge is -1.93. The summed E-state index contributed by atoms with van der Waals surface area (Å²) in [6, 6.07) is 0. The Kier molecular flexibility index (Phi) is 12.0. The van der Waals surface area contributed by atoms with Crippen LogP contribution in [0.1, 0.15) is 26.7 Å². The number of carbonyl (C=O) groups excluding carboxylic acids is 3. The topological polar surface area (TPSA) is 105 Å². The standard InChI is InChI=1S/C5H11NO2.C4H6O4/c1-8-5(7)3-2-4-6;1-3(5)7-8-4(2)6/h2-4,6H2,1H3;1-2H3. The van der Waals surface area contributed by atoms with Crippen molar-refractivity contribution in [3.63, 3.8) is 0 Å². The van der Waals surface area contributed by atoms with E-state index in [1.807, 2.05) is 0 Å². The first-order chi connectivity index (χ1) is 7.43. The van der Waals surface area contributed by atoms with Gasteiger partial charge in [0.2, 0.25) is 0 Å². The van der Waals surface area contributed by atoms with E-state index in [2.05, 4.69) is 14.5 Å². The molecule has 7 heteroatoms.